The van der Waals surface area contributed by atoms with E-state index in [-0.39, 0.29) is 11.3 Å². The van der Waals surface area contributed by atoms with Crippen molar-refractivity contribution in [2.75, 3.05) is 11.9 Å². The molecule has 4 N–H and O–H groups in total. The Hall–Kier alpha value is -2.22. The highest BCUT2D eigenvalue weighted by atomic mass is 19.1. The number of aliphatic hydroxyl groups is 1. The number of anilines is 1. The minimum Gasteiger partial charge on any atom is -0.479 e. The topological polar surface area (TPSA) is 98.7 Å². The van der Waals surface area contributed by atoms with E-state index in [0.29, 0.717) is 0 Å². The number of halogens is 2. The van der Waals surface area contributed by atoms with Crippen molar-refractivity contribution in [3.63, 3.8) is 0 Å². The number of rotatable bonds is 4. The van der Waals surface area contributed by atoms with E-state index >= 15 is 0 Å². The van der Waals surface area contributed by atoms with Gasteiger partial charge in [-0.05, 0) is 25.5 Å². The van der Waals surface area contributed by atoms with Gasteiger partial charge in [-0.15, -0.1) is 0 Å². The molecule has 2 amide bonds. The van der Waals surface area contributed by atoms with Gasteiger partial charge in [-0.2, -0.15) is 0 Å². The van der Waals surface area contributed by atoms with E-state index in [0.717, 1.165) is 19.1 Å². The zero-order chi connectivity index (χ0) is 15.5. The van der Waals surface area contributed by atoms with Gasteiger partial charge >= 0.3 is 12.0 Å². The van der Waals surface area contributed by atoms with Gasteiger partial charge in [0.1, 0.15) is 11.6 Å². The smallest absolute Gasteiger partial charge is 0.337 e. The third kappa shape index (κ3) is 3.89. The van der Waals surface area contributed by atoms with Crippen LogP contribution in [-0.2, 0) is 4.79 Å². The maximum atomic E-state index is 13.4. The van der Waals surface area contributed by atoms with Crippen LogP contribution in [0.1, 0.15) is 12.5 Å². The first-order chi connectivity index (χ1) is 9.13. The molecule has 6 nitrogen and oxygen atoms in total. The molecule has 0 aliphatic rings. The average Bonchev–Trinajstić information content (AvgIpc) is 2.33. The molecule has 1 aromatic carbocycles. The second-order valence-corrected chi connectivity index (χ2v) is 4.47. The predicted molar refractivity (Wildman–Crippen MR) is 66.4 cm³/mol. The molecule has 8 heteroatoms. The number of hydrogen-bond acceptors (Lipinski definition) is 3. The van der Waals surface area contributed by atoms with Crippen LogP contribution in [0.4, 0.5) is 19.3 Å². The van der Waals surface area contributed by atoms with Gasteiger partial charge in [0.2, 0.25) is 0 Å². The molecule has 0 aliphatic carbocycles. The Morgan fingerprint density at radius 3 is 2.45 bits per heavy atom. The van der Waals surface area contributed by atoms with Gasteiger partial charge in [-0.1, -0.05) is 0 Å². The minimum absolute atomic E-state index is 0.0854. The van der Waals surface area contributed by atoms with Crippen LogP contribution >= 0.6 is 0 Å². The Morgan fingerprint density at radius 1 is 1.30 bits per heavy atom. The Bertz CT molecular complexity index is 547. The van der Waals surface area contributed by atoms with E-state index in [9.17, 15) is 23.5 Å². The van der Waals surface area contributed by atoms with E-state index in [4.69, 9.17) is 5.11 Å². The molecule has 0 aliphatic heterocycles. The first kappa shape index (κ1) is 15.8. The van der Waals surface area contributed by atoms with Gasteiger partial charge in [0.25, 0.3) is 0 Å². The van der Waals surface area contributed by atoms with Gasteiger partial charge in [-0.3, -0.25) is 0 Å². The first-order valence-corrected chi connectivity index (χ1v) is 5.60. The van der Waals surface area contributed by atoms with E-state index in [2.05, 4.69) is 0 Å². The standard InChI is InChI=1S/C12H14F2N2O4/c1-6-3-8(14)9(4-7(6)13)16-11(19)15-5-12(2,20)10(17)18/h3-4,20H,5H2,1-2H3,(H,17,18)(H2,15,16,19). The summed E-state index contributed by atoms with van der Waals surface area (Å²) in [5.74, 6) is -3.05. The van der Waals surface area contributed by atoms with Gasteiger partial charge in [0.15, 0.2) is 5.60 Å². The highest BCUT2D eigenvalue weighted by Gasteiger charge is 2.30. The van der Waals surface area contributed by atoms with Crippen LogP contribution in [-0.4, -0.2) is 34.4 Å². The summed E-state index contributed by atoms with van der Waals surface area (Å²) in [6, 6.07) is 0.756. The van der Waals surface area contributed by atoms with E-state index < -0.39 is 35.8 Å². The van der Waals surface area contributed by atoms with Gasteiger partial charge in [0.05, 0.1) is 12.2 Å². The zero-order valence-electron chi connectivity index (χ0n) is 10.8. The van der Waals surface area contributed by atoms with Crippen molar-refractivity contribution in [2.45, 2.75) is 19.4 Å². The number of carbonyl (C=O) groups is 2. The van der Waals surface area contributed by atoms with Crippen LogP contribution in [0, 0.1) is 18.6 Å². The molecule has 1 unspecified atom stereocenters. The molecule has 0 saturated heterocycles. The van der Waals surface area contributed by atoms with Crippen LogP contribution in [0.3, 0.4) is 0 Å². The number of urea groups is 1. The summed E-state index contributed by atoms with van der Waals surface area (Å²) in [5.41, 5.74) is -2.46. The summed E-state index contributed by atoms with van der Waals surface area (Å²) in [4.78, 5) is 22.0. The van der Waals surface area contributed by atoms with Crippen molar-refractivity contribution < 1.29 is 28.6 Å². The fraction of sp³-hybridized carbons (Fsp3) is 0.333. The van der Waals surface area contributed by atoms with Crippen molar-refractivity contribution in [1.82, 2.24) is 5.32 Å². The quantitative estimate of drug-likeness (QED) is 0.669. The molecule has 0 radical (unpaired) electrons. The maximum Gasteiger partial charge on any atom is 0.337 e. The highest BCUT2D eigenvalue weighted by Crippen LogP contribution is 2.18. The second kappa shape index (κ2) is 5.83. The lowest BCUT2D eigenvalue weighted by Crippen LogP contribution is -2.47. The number of carboxylic acid groups (broad SMARTS) is 1. The Labute approximate surface area is 113 Å². The molecular formula is C12H14F2N2O4. The highest BCUT2D eigenvalue weighted by molar-refractivity contribution is 5.90. The number of aryl methyl sites for hydroxylation is 1. The van der Waals surface area contributed by atoms with Gasteiger partial charge in [0, 0.05) is 6.07 Å². The van der Waals surface area contributed by atoms with Gasteiger partial charge < -0.3 is 20.8 Å². The number of carbonyl (C=O) groups excluding carboxylic acids is 1. The molecule has 0 fully saturated rings. The maximum absolute atomic E-state index is 13.4. The third-order valence-electron chi connectivity index (χ3n) is 2.55. The second-order valence-electron chi connectivity index (χ2n) is 4.47. The molecule has 110 valence electrons. The largest absolute Gasteiger partial charge is 0.479 e. The Kier molecular flexibility index (Phi) is 4.61. The molecular weight excluding hydrogens is 274 g/mol. The molecule has 20 heavy (non-hydrogen) atoms. The third-order valence-corrected chi connectivity index (χ3v) is 2.55. The van der Waals surface area contributed by atoms with E-state index in [1.165, 1.54) is 6.92 Å². The monoisotopic (exact) mass is 288 g/mol. The molecule has 0 aromatic heterocycles. The molecule has 0 bridgehead atoms. The number of carboxylic acids is 1. The molecule has 1 rings (SSSR count). The lowest BCUT2D eigenvalue weighted by Gasteiger charge is -2.18. The lowest BCUT2D eigenvalue weighted by molar-refractivity contribution is -0.155. The first-order valence-electron chi connectivity index (χ1n) is 5.60. The summed E-state index contributed by atoms with van der Waals surface area (Å²) in [5, 5.41) is 22.1. The molecule has 1 aromatic rings. The van der Waals surface area contributed by atoms with Crippen molar-refractivity contribution in [3.8, 4) is 0 Å². The van der Waals surface area contributed by atoms with E-state index in [1.807, 2.05) is 10.6 Å². The van der Waals surface area contributed by atoms with Crippen LogP contribution < -0.4 is 10.6 Å². The zero-order valence-corrected chi connectivity index (χ0v) is 10.8. The van der Waals surface area contributed by atoms with Crippen molar-refractivity contribution >= 4 is 17.7 Å². The fourth-order valence-electron chi connectivity index (χ4n) is 1.24. The molecule has 1 atom stereocenters. The number of hydrogen-bond donors (Lipinski definition) is 4. The number of nitrogens with one attached hydrogen (secondary N) is 2. The van der Waals surface area contributed by atoms with E-state index in [1.54, 1.807) is 0 Å². The fourth-order valence-corrected chi connectivity index (χ4v) is 1.24. The Balaban J connectivity index is 2.68. The van der Waals surface area contributed by atoms with Crippen LogP contribution in [0.15, 0.2) is 12.1 Å². The average molecular weight is 288 g/mol. The Morgan fingerprint density at radius 2 is 1.90 bits per heavy atom. The summed E-state index contributed by atoms with van der Waals surface area (Å²) < 4.78 is 26.7. The predicted octanol–water partition coefficient (Wildman–Crippen LogP) is 1.23. The number of amides is 2. The summed E-state index contributed by atoms with van der Waals surface area (Å²) in [6.45, 7) is 1.76. The molecule has 0 saturated carbocycles. The SMILES string of the molecule is Cc1cc(F)c(NC(=O)NCC(C)(O)C(=O)O)cc1F. The van der Waals surface area contributed by atoms with Crippen molar-refractivity contribution in [2.24, 2.45) is 0 Å². The molecule has 0 heterocycles. The minimum atomic E-state index is -2.16. The normalized spacial score (nSPS) is 13.4. The van der Waals surface area contributed by atoms with Crippen LogP contribution in [0.25, 0.3) is 0 Å². The summed E-state index contributed by atoms with van der Waals surface area (Å²) in [6.07, 6.45) is 0. The summed E-state index contributed by atoms with van der Waals surface area (Å²) >= 11 is 0. The van der Waals surface area contributed by atoms with Crippen molar-refractivity contribution in [3.05, 3.63) is 29.3 Å². The van der Waals surface area contributed by atoms with Crippen molar-refractivity contribution in [1.29, 1.82) is 0 Å². The summed E-state index contributed by atoms with van der Waals surface area (Å²) in [7, 11) is 0. The van der Waals surface area contributed by atoms with Gasteiger partial charge in [-0.25, -0.2) is 18.4 Å². The van der Waals surface area contributed by atoms with Crippen LogP contribution in [0.5, 0.6) is 0 Å². The number of benzene rings is 1. The van der Waals surface area contributed by atoms with Crippen LogP contribution in [0.2, 0.25) is 0 Å². The lowest BCUT2D eigenvalue weighted by atomic mass is 10.1. The number of aliphatic carboxylic acids is 1. The molecule has 0 spiro atoms.